The summed E-state index contributed by atoms with van der Waals surface area (Å²) >= 11 is 0. The lowest BCUT2D eigenvalue weighted by molar-refractivity contribution is 0.145. The number of guanidine groups is 1. The monoisotopic (exact) mass is 419 g/mol. The number of ether oxygens (including phenoxy) is 1. The fraction of sp³-hybridized carbons (Fsp3) is 0.588. The van der Waals surface area contributed by atoms with Gasteiger partial charge in [-0.25, -0.2) is 0 Å². The molecule has 1 aromatic carbocycles. The summed E-state index contributed by atoms with van der Waals surface area (Å²) in [5.74, 6) is 0.508. The molecule has 0 aliphatic carbocycles. The van der Waals surface area contributed by atoms with Crippen LogP contribution in [-0.2, 0) is 10.2 Å². The summed E-state index contributed by atoms with van der Waals surface area (Å²) in [7, 11) is 0. The number of aryl methyl sites for hydroxylation is 1. The maximum atomic E-state index is 5.91. The van der Waals surface area contributed by atoms with Gasteiger partial charge in [0.1, 0.15) is 0 Å². The molecule has 22 heavy (non-hydrogen) atoms. The standard InChI is InChI=1S/C17H29N3O.HI/c1-5-21-12-8-11-19-16(18)20-13-17(3,4)15-10-7-6-9-14(15)2;/h6-7,9-10H,5,8,11-13H2,1-4H3,(H3,18,19,20);1H. The number of nitrogens with two attached hydrogens (primary N) is 1. The molecule has 0 amide bonds. The molecule has 0 aromatic heterocycles. The SMILES string of the molecule is CCOCCCNC(N)=NCC(C)(C)c1ccccc1C.I. The molecule has 0 unspecified atom stereocenters. The highest BCUT2D eigenvalue weighted by molar-refractivity contribution is 14.0. The lowest BCUT2D eigenvalue weighted by Crippen LogP contribution is -2.34. The van der Waals surface area contributed by atoms with E-state index in [-0.39, 0.29) is 29.4 Å². The largest absolute Gasteiger partial charge is 0.382 e. The second-order valence-electron chi connectivity index (χ2n) is 5.88. The molecular formula is C17H30IN3O. The van der Waals surface area contributed by atoms with E-state index in [1.807, 2.05) is 6.92 Å². The highest BCUT2D eigenvalue weighted by atomic mass is 127. The van der Waals surface area contributed by atoms with Crippen LogP contribution in [0.15, 0.2) is 29.3 Å². The van der Waals surface area contributed by atoms with Gasteiger partial charge in [0.25, 0.3) is 0 Å². The van der Waals surface area contributed by atoms with Gasteiger partial charge in [-0.15, -0.1) is 24.0 Å². The molecule has 0 atom stereocenters. The third-order valence-electron chi connectivity index (χ3n) is 3.49. The third-order valence-corrected chi connectivity index (χ3v) is 3.49. The van der Waals surface area contributed by atoms with E-state index in [2.05, 4.69) is 55.3 Å². The van der Waals surface area contributed by atoms with Crippen molar-refractivity contribution in [3.8, 4) is 0 Å². The Morgan fingerprint density at radius 3 is 2.64 bits per heavy atom. The zero-order chi connectivity index (χ0) is 15.7. The van der Waals surface area contributed by atoms with Crippen molar-refractivity contribution in [3.63, 3.8) is 0 Å². The maximum Gasteiger partial charge on any atom is 0.188 e. The summed E-state index contributed by atoms with van der Waals surface area (Å²) in [6.07, 6.45) is 0.936. The van der Waals surface area contributed by atoms with Gasteiger partial charge in [-0.3, -0.25) is 4.99 Å². The smallest absolute Gasteiger partial charge is 0.188 e. The van der Waals surface area contributed by atoms with Crippen molar-refractivity contribution >= 4 is 29.9 Å². The van der Waals surface area contributed by atoms with Crippen molar-refractivity contribution < 1.29 is 4.74 Å². The molecule has 1 rings (SSSR count). The van der Waals surface area contributed by atoms with Crippen molar-refractivity contribution in [2.24, 2.45) is 10.7 Å². The number of hydrogen-bond donors (Lipinski definition) is 2. The number of hydrogen-bond acceptors (Lipinski definition) is 2. The van der Waals surface area contributed by atoms with Crippen LogP contribution in [0, 0.1) is 6.92 Å². The summed E-state index contributed by atoms with van der Waals surface area (Å²) in [5.41, 5.74) is 8.50. The molecule has 0 aliphatic heterocycles. The summed E-state index contributed by atoms with van der Waals surface area (Å²) in [6.45, 7) is 11.5. The van der Waals surface area contributed by atoms with E-state index in [1.165, 1.54) is 11.1 Å². The first kappa shape index (κ1) is 21.2. The highest BCUT2D eigenvalue weighted by Crippen LogP contribution is 2.26. The molecule has 4 nitrogen and oxygen atoms in total. The van der Waals surface area contributed by atoms with Crippen LogP contribution in [0.25, 0.3) is 0 Å². The van der Waals surface area contributed by atoms with Crippen molar-refractivity contribution in [3.05, 3.63) is 35.4 Å². The Balaban J connectivity index is 0.00000441. The van der Waals surface area contributed by atoms with Crippen LogP contribution in [-0.4, -0.2) is 32.3 Å². The number of aliphatic imine (C=N–C) groups is 1. The first-order chi connectivity index (χ1) is 9.97. The molecule has 126 valence electrons. The lowest BCUT2D eigenvalue weighted by atomic mass is 9.82. The van der Waals surface area contributed by atoms with Gasteiger partial charge < -0.3 is 15.8 Å². The maximum absolute atomic E-state index is 5.91. The Morgan fingerprint density at radius 2 is 2.00 bits per heavy atom. The normalized spacial score (nSPS) is 11.9. The van der Waals surface area contributed by atoms with Gasteiger partial charge in [0.2, 0.25) is 0 Å². The van der Waals surface area contributed by atoms with Crippen LogP contribution >= 0.6 is 24.0 Å². The number of nitrogens with zero attached hydrogens (tertiary/aromatic N) is 1. The van der Waals surface area contributed by atoms with E-state index < -0.39 is 0 Å². The molecule has 0 fully saturated rings. The van der Waals surface area contributed by atoms with E-state index >= 15 is 0 Å². The van der Waals surface area contributed by atoms with Crippen LogP contribution in [0.3, 0.4) is 0 Å². The second kappa shape index (κ2) is 10.8. The predicted molar refractivity (Wildman–Crippen MR) is 105 cm³/mol. The van der Waals surface area contributed by atoms with Crippen LogP contribution in [0.5, 0.6) is 0 Å². The van der Waals surface area contributed by atoms with Crippen LogP contribution in [0.2, 0.25) is 0 Å². The van der Waals surface area contributed by atoms with Crippen molar-refractivity contribution in [1.29, 1.82) is 0 Å². The van der Waals surface area contributed by atoms with Crippen molar-refractivity contribution in [2.45, 2.75) is 39.5 Å². The first-order valence-corrected chi connectivity index (χ1v) is 7.65. The fourth-order valence-corrected chi connectivity index (χ4v) is 2.29. The van der Waals surface area contributed by atoms with Crippen LogP contribution in [0.4, 0.5) is 0 Å². The minimum atomic E-state index is -0.0248. The van der Waals surface area contributed by atoms with Gasteiger partial charge in [0, 0.05) is 25.2 Å². The number of nitrogens with one attached hydrogen (secondary N) is 1. The van der Waals surface area contributed by atoms with Crippen LogP contribution in [0.1, 0.15) is 38.3 Å². The molecule has 0 radical (unpaired) electrons. The molecule has 0 aliphatic rings. The number of halogens is 1. The third kappa shape index (κ3) is 7.45. The summed E-state index contributed by atoms with van der Waals surface area (Å²) in [6, 6.07) is 8.43. The number of benzene rings is 1. The lowest BCUT2D eigenvalue weighted by Gasteiger charge is -2.25. The van der Waals surface area contributed by atoms with Gasteiger partial charge in [0.15, 0.2) is 5.96 Å². The van der Waals surface area contributed by atoms with E-state index in [9.17, 15) is 0 Å². The van der Waals surface area contributed by atoms with E-state index in [0.29, 0.717) is 12.5 Å². The molecule has 0 spiro atoms. The van der Waals surface area contributed by atoms with E-state index in [4.69, 9.17) is 10.5 Å². The highest BCUT2D eigenvalue weighted by Gasteiger charge is 2.21. The van der Waals surface area contributed by atoms with Gasteiger partial charge in [-0.1, -0.05) is 38.1 Å². The second-order valence-corrected chi connectivity index (χ2v) is 5.88. The van der Waals surface area contributed by atoms with Crippen LogP contribution < -0.4 is 11.1 Å². The van der Waals surface area contributed by atoms with Gasteiger partial charge in [-0.2, -0.15) is 0 Å². The Labute approximate surface area is 151 Å². The zero-order valence-electron chi connectivity index (χ0n) is 14.2. The van der Waals surface area contributed by atoms with Gasteiger partial charge >= 0.3 is 0 Å². The Kier molecular flexibility index (Phi) is 10.4. The van der Waals surface area contributed by atoms with Gasteiger partial charge in [0.05, 0.1) is 6.54 Å². The Hall–Kier alpha value is -0.820. The summed E-state index contributed by atoms with van der Waals surface area (Å²) in [4.78, 5) is 4.47. The topological polar surface area (TPSA) is 59.6 Å². The number of rotatable bonds is 8. The molecule has 1 aromatic rings. The minimum Gasteiger partial charge on any atom is -0.382 e. The average molecular weight is 419 g/mol. The molecule has 3 N–H and O–H groups in total. The zero-order valence-corrected chi connectivity index (χ0v) is 16.5. The van der Waals surface area contributed by atoms with E-state index in [0.717, 1.165) is 26.2 Å². The fourth-order valence-electron chi connectivity index (χ4n) is 2.29. The Bertz CT molecular complexity index is 461. The first-order valence-electron chi connectivity index (χ1n) is 7.65. The molecule has 0 bridgehead atoms. The van der Waals surface area contributed by atoms with E-state index in [1.54, 1.807) is 0 Å². The van der Waals surface area contributed by atoms with Crippen molar-refractivity contribution in [1.82, 2.24) is 5.32 Å². The summed E-state index contributed by atoms with van der Waals surface area (Å²) < 4.78 is 5.28. The summed E-state index contributed by atoms with van der Waals surface area (Å²) in [5, 5.41) is 3.13. The molecule has 0 saturated carbocycles. The quantitative estimate of drug-likeness (QED) is 0.295. The van der Waals surface area contributed by atoms with Gasteiger partial charge in [-0.05, 0) is 31.4 Å². The molecule has 0 saturated heterocycles. The Morgan fingerprint density at radius 1 is 1.32 bits per heavy atom. The molecule has 5 heteroatoms. The van der Waals surface area contributed by atoms with Crippen molar-refractivity contribution in [2.75, 3.05) is 26.3 Å². The predicted octanol–water partition coefficient (Wildman–Crippen LogP) is 3.22. The average Bonchev–Trinajstić information content (AvgIpc) is 2.45. The molecule has 0 heterocycles. The molecular weight excluding hydrogens is 389 g/mol. The minimum absolute atomic E-state index is 0.